The summed E-state index contributed by atoms with van der Waals surface area (Å²) >= 11 is 6.01. The molecule has 1 fully saturated rings. The summed E-state index contributed by atoms with van der Waals surface area (Å²) in [7, 11) is 0. The molecular formula is C18H20ClN5O2. The number of hydrogen-bond acceptors (Lipinski definition) is 5. The van der Waals surface area contributed by atoms with Gasteiger partial charge in [-0.15, -0.1) is 0 Å². The number of piperidine rings is 1. The van der Waals surface area contributed by atoms with E-state index in [2.05, 4.69) is 20.5 Å². The van der Waals surface area contributed by atoms with E-state index in [0.29, 0.717) is 29.7 Å². The molecule has 8 heteroatoms. The highest BCUT2D eigenvalue weighted by Gasteiger charge is 2.28. The Labute approximate surface area is 155 Å². The van der Waals surface area contributed by atoms with Gasteiger partial charge in [0.05, 0.1) is 5.92 Å². The van der Waals surface area contributed by atoms with E-state index in [-0.39, 0.29) is 11.8 Å². The zero-order chi connectivity index (χ0) is 17.9. The third kappa shape index (κ3) is 3.67. The van der Waals surface area contributed by atoms with Crippen molar-refractivity contribution in [3.8, 4) is 0 Å². The first-order valence-corrected chi connectivity index (χ1v) is 9.14. The van der Waals surface area contributed by atoms with Crippen LogP contribution >= 0.6 is 11.6 Å². The minimum absolute atomic E-state index is 0.0656. The monoisotopic (exact) mass is 373 g/mol. The Morgan fingerprint density at radius 1 is 1.42 bits per heavy atom. The van der Waals surface area contributed by atoms with E-state index in [1.807, 2.05) is 17.0 Å². The number of aromatic nitrogens is 3. The number of nitrogens with one attached hydrogen (secondary N) is 2. The number of aromatic amines is 1. The van der Waals surface area contributed by atoms with Crippen LogP contribution < -0.4 is 10.2 Å². The molecule has 1 unspecified atom stereocenters. The van der Waals surface area contributed by atoms with Crippen LogP contribution in [0.5, 0.6) is 0 Å². The number of H-pyrrole nitrogens is 1. The first kappa shape index (κ1) is 16.9. The molecule has 0 saturated carbocycles. The Balaban J connectivity index is 1.37. The van der Waals surface area contributed by atoms with Crippen LogP contribution in [-0.2, 0) is 11.2 Å². The van der Waals surface area contributed by atoms with Gasteiger partial charge in [-0.1, -0.05) is 11.6 Å². The molecular weight excluding hydrogens is 354 g/mol. The van der Waals surface area contributed by atoms with Crippen LogP contribution in [0.2, 0.25) is 5.02 Å². The summed E-state index contributed by atoms with van der Waals surface area (Å²) in [6.45, 7) is 2.04. The molecule has 136 valence electrons. The summed E-state index contributed by atoms with van der Waals surface area (Å²) in [6.07, 6.45) is 4.26. The van der Waals surface area contributed by atoms with Crippen LogP contribution in [0, 0.1) is 5.92 Å². The number of amides is 1. The van der Waals surface area contributed by atoms with Crippen molar-refractivity contribution in [1.29, 1.82) is 0 Å². The molecule has 0 bridgehead atoms. The van der Waals surface area contributed by atoms with Crippen LogP contribution in [0.1, 0.15) is 18.5 Å². The Kier molecular flexibility index (Phi) is 4.79. The van der Waals surface area contributed by atoms with E-state index >= 15 is 0 Å². The van der Waals surface area contributed by atoms with Crippen LogP contribution in [0.3, 0.4) is 0 Å². The van der Waals surface area contributed by atoms with Gasteiger partial charge in [-0.3, -0.25) is 9.89 Å². The van der Waals surface area contributed by atoms with E-state index in [9.17, 15) is 4.79 Å². The van der Waals surface area contributed by atoms with E-state index in [1.54, 1.807) is 18.3 Å². The van der Waals surface area contributed by atoms with Crippen LogP contribution in [0.15, 0.2) is 34.9 Å². The highest BCUT2D eigenvalue weighted by molar-refractivity contribution is 6.31. The fraction of sp³-hybridized carbons (Fsp3) is 0.389. The molecule has 0 aliphatic carbocycles. The van der Waals surface area contributed by atoms with Crippen molar-refractivity contribution in [2.45, 2.75) is 19.3 Å². The number of oxazole rings is 1. The molecule has 0 radical (unpaired) electrons. The summed E-state index contributed by atoms with van der Waals surface area (Å²) < 4.78 is 5.83. The smallest absolute Gasteiger partial charge is 0.298 e. The maximum absolute atomic E-state index is 12.5. The van der Waals surface area contributed by atoms with E-state index in [4.69, 9.17) is 16.0 Å². The molecule has 7 nitrogen and oxygen atoms in total. The van der Waals surface area contributed by atoms with Crippen molar-refractivity contribution in [3.05, 3.63) is 41.2 Å². The van der Waals surface area contributed by atoms with E-state index in [1.165, 1.54) is 0 Å². The molecule has 1 saturated heterocycles. The lowest BCUT2D eigenvalue weighted by Gasteiger charge is -2.30. The zero-order valence-electron chi connectivity index (χ0n) is 14.2. The Bertz CT molecular complexity index is 892. The number of benzene rings is 1. The molecule has 4 rings (SSSR count). The average Bonchev–Trinajstić information content (AvgIpc) is 3.31. The van der Waals surface area contributed by atoms with Gasteiger partial charge in [-0.2, -0.15) is 10.1 Å². The van der Waals surface area contributed by atoms with Gasteiger partial charge >= 0.3 is 0 Å². The average molecular weight is 374 g/mol. The summed E-state index contributed by atoms with van der Waals surface area (Å²) in [5.74, 6) is 0.0116. The number of nitrogens with zero attached hydrogens (tertiary/aromatic N) is 3. The Morgan fingerprint density at radius 2 is 2.35 bits per heavy atom. The topological polar surface area (TPSA) is 87.0 Å². The standard InChI is InChI=1S/C18H20ClN5O2/c19-13-3-4-16-15(10-13)22-18(26-16)24-9-1-2-12(11-24)17(25)20-7-5-14-6-8-21-23-14/h3-4,6,8,10,12H,1-2,5,7,9,11H2,(H,20,25)(H,21,23). The quantitative estimate of drug-likeness (QED) is 0.718. The van der Waals surface area contributed by atoms with Crippen molar-refractivity contribution in [2.24, 2.45) is 5.92 Å². The van der Waals surface area contributed by atoms with Crippen molar-refractivity contribution in [1.82, 2.24) is 20.5 Å². The molecule has 0 spiro atoms. The SMILES string of the molecule is O=C(NCCc1ccn[nH]1)C1CCCN(c2nc3cc(Cl)ccc3o2)C1. The van der Waals surface area contributed by atoms with Crippen LogP contribution in [-0.4, -0.2) is 40.7 Å². The van der Waals surface area contributed by atoms with Crippen LogP contribution in [0.25, 0.3) is 11.1 Å². The Morgan fingerprint density at radius 3 is 3.19 bits per heavy atom. The molecule has 26 heavy (non-hydrogen) atoms. The Hall–Kier alpha value is -2.54. The van der Waals surface area contributed by atoms with Gasteiger partial charge in [0.15, 0.2) is 5.58 Å². The maximum atomic E-state index is 12.5. The highest BCUT2D eigenvalue weighted by Crippen LogP contribution is 2.27. The molecule has 1 amide bonds. The van der Waals surface area contributed by atoms with Gasteiger partial charge in [0.2, 0.25) is 5.91 Å². The lowest BCUT2D eigenvalue weighted by molar-refractivity contribution is -0.125. The number of halogens is 1. The summed E-state index contributed by atoms with van der Waals surface area (Å²) in [5, 5.41) is 10.4. The van der Waals surface area contributed by atoms with Gasteiger partial charge in [-0.05, 0) is 37.1 Å². The maximum Gasteiger partial charge on any atom is 0.298 e. The molecule has 3 heterocycles. The summed E-state index contributed by atoms with van der Waals surface area (Å²) in [4.78, 5) is 19.0. The van der Waals surface area contributed by atoms with Gasteiger partial charge < -0.3 is 14.6 Å². The first-order valence-electron chi connectivity index (χ1n) is 8.76. The van der Waals surface area contributed by atoms with Gasteiger partial charge in [0.1, 0.15) is 5.52 Å². The van der Waals surface area contributed by atoms with Crippen molar-refractivity contribution in [3.63, 3.8) is 0 Å². The van der Waals surface area contributed by atoms with Crippen LogP contribution in [0.4, 0.5) is 6.01 Å². The second-order valence-electron chi connectivity index (χ2n) is 6.52. The third-order valence-corrected chi connectivity index (χ3v) is 4.89. The van der Waals surface area contributed by atoms with Gasteiger partial charge in [0, 0.05) is 43.0 Å². The van der Waals surface area contributed by atoms with E-state index < -0.39 is 0 Å². The number of carbonyl (C=O) groups excluding carboxylic acids is 1. The number of anilines is 1. The van der Waals surface area contributed by atoms with Gasteiger partial charge in [0.25, 0.3) is 6.01 Å². The molecule has 1 atom stereocenters. The fourth-order valence-corrected chi connectivity index (χ4v) is 3.44. The molecule has 1 aliphatic rings. The first-order chi connectivity index (χ1) is 12.7. The van der Waals surface area contributed by atoms with Crippen molar-refractivity contribution in [2.75, 3.05) is 24.5 Å². The molecule has 2 N–H and O–H groups in total. The van der Waals surface area contributed by atoms with Gasteiger partial charge in [-0.25, -0.2) is 0 Å². The second kappa shape index (κ2) is 7.37. The predicted octanol–water partition coefficient (Wildman–Crippen LogP) is 2.78. The largest absolute Gasteiger partial charge is 0.423 e. The molecule has 1 aromatic carbocycles. The number of fused-ring (bicyclic) bond motifs is 1. The normalized spacial score (nSPS) is 17.6. The number of hydrogen-bond donors (Lipinski definition) is 2. The zero-order valence-corrected chi connectivity index (χ0v) is 15.0. The molecule has 1 aliphatic heterocycles. The lowest BCUT2D eigenvalue weighted by atomic mass is 9.97. The summed E-state index contributed by atoms with van der Waals surface area (Å²) in [6, 6.07) is 7.85. The fourth-order valence-electron chi connectivity index (χ4n) is 3.28. The third-order valence-electron chi connectivity index (χ3n) is 4.65. The summed E-state index contributed by atoms with van der Waals surface area (Å²) in [5.41, 5.74) is 2.45. The highest BCUT2D eigenvalue weighted by atomic mass is 35.5. The number of carbonyl (C=O) groups is 1. The van der Waals surface area contributed by atoms with E-state index in [0.717, 1.165) is 37.0 Å². The second-order valence-corrected chi connectivity index (χ2v) is 6.95. The lowest BCUT2D eigenvalue weighted by Crippen LogP contribution is -2.43. The molecule has 3 aromatic rings. The minimum Gasteiger partial charge on any atom is -0.423 e. The number of rotatable bonds is 5. The predicted molar refractivity (Wildman–Crippen MR) is 99.3 cm³/mol. The van der Waals surface area contributed by atoms with Crippen molar-refractivity contribution >= 4 is 34.6 Å². The van der Waals surface area contributed by atoms with Crippen molar-refractivity contribution < 1.29 is 9.21 Å². The minimum atomic E-state index is -0.0656. The molecule has 2 aromatic heterocycles.